The summed E-state index contributed by atoms with van der Waals surface area (Å²) < 4.78 is 11.1. The fraction of sp³-hybridized carbons (Fsp3) is 0.353. The molecule has 2 aromatic rings. The summed E-state index contributed by atoms with van der Waals surface area (Å²) in [6.07, 6.45) is 0. The predicted molar refractivity (Wildman–Crippen MR) is 79.5 cm³/mol. The van der Waals surface area contributed by atoms with Crippen LogP contribution in [0.4, 0.5) is 0 Å². The molecular formula is C17H20O3. The van der Waals surface area contributed by atoms with Crippen LogP contribution in [0.5, 0.6) is 5.75 Å². The van der Waals surface area contributed by atoms with Crippen molar-refractivity contribution in [3.8, 4) is 17.1 Å². The molecule has 0 N–H and O–H groups in total. The van der Waals surface area contributed by atoms with Crippen LogP contribution < -0.4 is 4.74 Å². The van der Waals surface area contributed by atoms with Gasteiger partial charge in [0.1, 0.15) is 11.5 Å². The third-order valence-electron chi connectivity index (χ3n) is 3.42. The molecule has 0 saturated heterocycles. The van der Waals surface area contributed by atoms with Crippen molar-refractivity contribution in [1.82, 2.24) is 0 Å². The lowest BCUT2D eigenvalue weighted by Crippen LogP contribution is -1.96. The smallest absolute Gasteiger partial charge is 0.194 e. The first-order chi connectivity index (χ1) is 9.43. The molecule has 0 aliphatic heterocycles. The summed E-state index contributed by atoms with van der Waals surface area (Å²) in [7, 11) is 1.68. The van der Waals surface area contributed by atoms with E-state index in [1.165, 1.54) is 6.92 Å². The number of ether oxygens (including phenoxy) is 1. The molecule has 0 amide bonds. The van der Waals surface area contributed by atoms with Crippen molar-refractivity contribution >= 4 is 5.78 Å². The van der Waals surface area contributed by atoms with Gasteiger partial charge in [-0.25, -0.2) is 0 Å². The first kappa shape index (κ1) is 14.4. The number of carbonyl (C=O) groups excluding carboxylic acids is 1. The maximum absolute atomic E-state index is 11.3. The molecule has 1 aromatic carbocycles. The second kappa shape index (κ2) is 5.53. The Labute approximate surface area is 119 Å². The second-order valence-electron chi connectivity index (χ2n) is 5.28. The SMILES string of the molecule is COc1cc(C)c(-c2ccc(C(C)=O)o2)cc1C(C)C. The normalized spacial score (nSPS) is 10.9. The van der Waals surface area contributed by atoms with E-state index in [1.54, 1.807) is 13.2 Å². The molecule has 0 aliphatic rings. The summed E-state index contributed by atoms with van der Waals surface area (Å²) in [5.74, 6) is 2.29. The van der Waals surface area contributed by atoms with Crippen molar-refractivity contribution < 1.29 is 13.9 Å². The molecule has 0 unspecified atom stereocenters. The van der Waals surface area contributed by atoms with E-state index in [9.17, 15) is 4.79 Å². The molecule has 20 heavy (non-hydrogen) atoms. The van der Waals surface area contributed by atoms with Gasteiger partial charge in [0.2, 0.25) is 0 Å². The molecule has 0 spiro atoms. The molecule has 0 saturated carbocycles. The van der Waals surface area contributed by atoms with Crippen LogP contribution in [-0.4, -0.2) is 12.9 Å². The van der Waals surface area contributed by atoms with Crippen LogP contribution in [-0.2, 0) is 0 Å². The lowest BCUT2D eigenvalue weighted by molar-refractivity contribution is 0.0988. The number of rotatable bonds is 4. The minimum Gasteiger partial charge on any atom is -0.496 e. The number of hydrogen-bond donors (Lipinski definition) is 0. The minimum absolute atomic E-state index is 0.0634. The van der Waals surface area contributed by atoms with Gasteiger partial charge in [-0.15, -0.1) is 0 Å². The van der Waals surface area contributed by atoms with E-state index >= 15 is 0 Å². The number of benzene rings is 1. The minimum atomic E-state index is -0.0634. The van der Waals surface area contributed by atoms with Crippen LogP contribution in [0.25, 0.3) is 11.3 Å². The molecule has 3 heteroatoms. The molecule has 3 nitrogen and oxygen atoms in total. The Morgan fingerprint density at radius 3 is 2.45 bits per heavy atom. The van der Waals surface area contributed by atoms with Gasteiger partial charge in [0.05, 0.1) is 7.11 Å². The van der Waals surface area contributed by atoms with Crippen LogP contribution in [0.1, 0.15) is 48.4 Å². The molecule has 0 fully saturated rings. The molecule has 1 heterocycles. The lowest BCUT2D eigenvalue weighted by atomic mass is 9.95. The first-order valence-electron chi connectivity index (χ1n) is 6.73. The highest BCUT2D eigenvalue weighted by Gasteiger charge is 2.15. The number of Topliss-reactive ketones (excluding diaryl/α,β-unsaturated/α-hetero) is 1. The van der Waals surface area contributed by atoms with E-state index in [4.69, 9.17) is 9.15 Å². The van der Waals surface area contributed by atoms with Gasteiger partial charge in [-0.1, -0.05) is 13.8 Å². The number of hydrogen-bond acceptors (Lipinski definition) is 3. The largest absolute Gasteiger partial charge is 0.496 e. The van der Waals surface area contributed by atoms with E-state index < -0.39 is 0 Å². The van der Waals surface area contributed by atoms with Crippen LogP contribution in [0.15, 0.2) is 28.7 Å². The van der Waals surface area contributed by atoms with Gasteiger partial charge in [-0.3, -0.25) is 4.79 Å². The Hall–Kier alpha value is -2.03. The van der Waals surface area contributed by atoms with Gasteiger partial charge in [0.15, 0.2) is 11.5 Å². The summed E-state index contributed by atoms with van der Waals surface area (Å²) in [6, 6.07) is 7.66. The van der Waals surface area contributed by atoms with Gasteiger partial charge in [-0.05, 0) is 48.2 Å². The van der Waals surface area contributed by atoms with Gasteiger partial charge in [0.25, 0.3) is 0 Å². The van der Waals surface area contributed by atoms with Crippen LogP contribution in [0.3, 0.4) is 0 Å². The number of furan rings is 1. The average molecular weight is 272 g/mol. The van der Waals surface area contributed by atoms with E-state index in [0.717, 1.165) is 28.2 Å². The summed E-state index contributed by atoms with van der Waals surface area (Å²) in [4.78, 5) is 11.3. The van der Waals surface area contributed by atoms with Crippen LogP contribution >= 0.6 is 0 Å². The number of carbonyl (C=O) groups is 1. The lowest BCUT2D eigenvalue weighted by Gasteiger charge is -2.15. The van der Waals surface area contributed by atoms with Crippen molar-refractivity contribution in [2.24, 2.45) is 0 Å². The van der Waals surface area contributed by atoms with Crippen LogP contribution in [0, 0.1) is 6.92 Å². The molecule has 2 rings (SSSR count). The maximum Gasteiger partial charge on any atom is 0.194 e. The zero-order valence-corrected chi connectivity index (χ0v) is 12.6. The Balaban J connectivity index is 2.55. The van der Waals surface area contributed by atoms with E-state index in [-0.39, 0.29) is 5.78 Å². The quantitative estimate of drug-likeness (QED) is 0.764. The monoisotopic (exact) mass is 272 g/mol. The topological polar surface area (TPSA) is 39.4 Å². The van der Waals surface area contributed by atoms with Crippen LogP contribution in [0.2, 0.25) is 0 Å². The zero-order valence-electron chi connectivity index (χ0n) is 12.6. The summed E-state index contributed by atoms with van der Waals surface area (Å²) in [6.45, 7) is 7.77. The Bertz CT molecular complexity index is 636. The van der Waals surface area contributed by atoms with Gasteiger partial charge in [0, 0.05) is 12.5 Å². The Morgan fingerprint density at radius 1 is 1.25 bits per heavy atom. The van der Waals surface area contributed by atoms with Crippen molar-refractivity contribution in [2.75, 3.05) is 7.11 Å². The summed E-state index contributed by atoms with van der Waals surface area (Å²) >= 11 is 0. The molecule has 1 aromatic heterocycles. The Kier molecular flexibility index (Phi) is 3.98. The molecule has 0 aliphatic carbocycles. The van der Waals surface area contributed by atoms with Crippen molar-refractivity contribution in [3.63, 3.8) is 0 Å². The third kappa shape index (κ3) is 2.62. The predicted octanol–water partition coefficient (Wildman–Crippen LogP) is 4.59. The zero-order chi connectivity index (χ0) is 14.9. The molecule has 0 atom stereocenters. The standard InChI is InChI=1S/C17H20O3/c1-10(2)13-9-14(11(3)8-17(13)19-5)16-7-6-15(20-16)12(4)18/h6-10H,1-5H3. The third-order valence-corrected chi connectivity index (χ3v) is 3.42. The second-order valence-corrected chi connectivity index (χ2v) is 5.28. The van der Waals surface area contributed by atoms with Gasteiger partial charge < -0.3 is 9.15 Å². The number of aryl methyl sites for hydroxylation is 1. The highest BCUT2D eigenvalue weighted by molar-refractivity contribution is 5.91. The van der Waals surface area contributed by atoms with Gasteiger partial charge in [-0.2, -0.15) is 0 Å². The highest BCUT2D eigenvalue weighted by Crippen LogP contribution is 2.35. The fourth-order valence-corrected chi connectivity index (χ4v) is 2.26. The highest BCUT2D eigenvalue weighted by atomic mass is 16.5. The number of ketones is 1. The molecule has 106 valence electrons. The summed E-state index contributed by atoms with van der Waals surface area (Å²) in [5, 5.41) is 0. The summed E-state index contributed by atoms with van der Waals surface area (Å²) in [5.41, 5.74) is 3.20. The van der Waals surface area contributed by atoms with E-state index in [2.05, 4.69) is 19.9 Å². The van der Waals surface area contributed by atoms with Crippen molar-refractivity contribution in [3.05, 3.63) is 41.2 Å². The molecule has 0 bridgehead atoms. The van der Waals surface area contributed by atoms with Crippen molar-refractivity contribution in [2.45, 2.75) is 33.6 Å². The maximum atomic E-state index is 11.3. The Morgan fingerprint density at radius 2 is 1.95 bits per heavy atom. The van der Waals surface area contributed by atoms with Gasteiger partial charge >= 0.3 is 0 Å². The first-order valence-corrected chi connectivity index (χ1v) is 6.73. The van der Waals surface area contributed by atoms with E-state index in [1.807, 2.05) is 19.1 Å². The molecular weight excluding hydrogens is 252 g/mol. The van der Waals surface area contributed by atoms with E-state index in [0.29, 0.717) is 11.7 Å². The van der Waals surface area contributed by atoms with Crippen molar-refractivity contribution in [1.29, 1.82) is 0 Å². The number of methoxy groups -OCH3 is 1. The average Bonchev–Trinajstić information content (AvgIpc) is 2.87. The molecule has 0 radical (unpaired) electrons. The fourth-order valence-electron chi connectivity index (χ4n) is 2.26.